The molecule has 1 aliphatic heterocycles. The van der Waals surface area contributed by atoms with Crippen LogP contribution in [0.15, 0.2) is 0 Å². The predicted octanol–water partition coefficient (Wildman–Crippen LogP) is 2.71. The number of carbonyl (C=O) groups excluding carboxylic acids is 1. The van der Waals surface area contributed by atoms with Gasteiger partial charge in [0.2, 0.25) is 5.91 Å². The third-order valence-corrected chi connectivity index (χ3v) is 3.60. The molecule has 3 heteroatoms. The van der Waals surface area contributed by atoms with Crippen molar-refractivity contribution in [1.82, 2.24) is 10.6 Å². The monoisotopic (exact) mass is 254 g/mol. The molecule has 3 atom stereocenters. The molecule has 0 radical (unpaired) electrons. The molecule has 0 aromatic heterocycles. The van der Waals surface area contributed by atoms with Gasteiger partial charge in [-0.3, -0.25) is 4.79 Å². The second-order valence-electron chi connectivity index (χ2n) is 7.13. The van der Waals surface area contributed by atoms with Crippen LogP contribution >= 0.6 is 0 Å². The van der Waals surface area contributed by atoms with Crippen molar-refractivity contribution in [2.24, 2.45) is 11.3 Å². The van der Waals surface area contributed by atoms with E-state index in [1.165, 1.54) is 0 Å². The molecule has 0 spiro atoms. The number of piperidine rings is 1. The Balaban J connectivity index is 2.32. The first-order chi connectivity index (χ1) is 8.28. The molecule has 1 amide bonds. The molecule has 0 aromatic carbocycles. The van der Waals surface area contributed by atoms with Gasteiger partial charge in [0.25, 0.3) is 0 Å². The summed E-state index contributed by atoms with van der Waals surface area (Å²) in [4.78, 5) is 12.0. The Morgan fingerprint density at radius 3 is 2.67 bits per heavy atom. The van der Waals surface area contributed by atoms with Gasteiger partial charge in [-0.15, -0.1) is 0 Å². The van der Waals surface area contributed by atoms with Gasteiger partial charge in [-0.2, -0.15) is 0 Å². The summed E-state index contributed by atoms with van der Waals surface area (Å²) in [7, 11) is 0. The van der Waals surface area contributed by atoms with E-state index in [2.05, 4.69) is 45.3 Å². The van der Waals surface area contributed by atoms with Crippen molar-refractivity contribution in [3.8, 4) is 0 Å². The second kappa shape index (κ2) is 6.55. The Morgan fingerprint density at radius 1 is 1.44 bits per heavy atom. The van der Waals surface area contributed by atoms with Crippen LogP contribution in [0.1, 0.15) is 60.3 Å². The van der Waals surface area contributed by atoms with Crippen molar-refractivity contribution < 1.29 is 4.79 Å². The second-order valence-corrected chi connectivity index (χ2v) is 7.13. The molecule has 2 N–H and O–H groups in total. The molecule has 1 rings (SSSR count). The van der Waals surface area contributed by atoms with Gasteiger partial charge in [0.15, 0.2) is 0 Å². The number of nitrogens with one attached hydrogen (secondary N) is 2. The standard InChI is InChI=1S/C15H30N2O/c1-11(10-15(3,4)5)9-14(18)17-13-7-6-8-16-12(13)2/h11-13,16H,6-10H2,1-5H3,(H,17,18). The highest BCUT2D eigenvalue weighted by Crippen LogP contribution is 2.25. The van der Waals surface area contributed by atoms with Gasteiger partial charge in [-0.1, -0.05) is 27.7 Å². The highest BCUT2D eigenvalue weighted by Gasteiger charge is 2.24. The molecule has 1 heterocycles. The Hall–Kier alpha value is -0.570. The third-order valence-electron chi connectivity index (χ3n) is 3.60. The minimum atomic E-state index is 0.215. The maximum absolute atomic E-state index is 12.0. The van der Waals surface area contributed by atoms with Gasteiger partial charge in [-0.05, 0) is 44.1 Å². The fourth-order valence-corrected chi connectivity index (χ4v) is 2.94. The fourth-order valence-electron chi connectivity index (χ4n) is 2.94. The van der Waals surface area contributed by atoms with Crippen molar-refractivity contribution in [2.45, 2.75) is 72.4 Å². The quantitative estimate of drug-likeness (QED) is 0.810. The molecule has 0 saturated carbocycles. The molecule has 3 nitrogen and oxygen atoms in total. The van der Waals surface area contributed by atoms with Crippen LogP contribution in [0.25, 0.3) is 0 Å². The van der Waals surface area contributed by atoms with E-state index < -0.39 is 0 Å². The highest BCUT2D eigenvalue weighted by molar-refractivity contribution is 5.76. The van der Waals surface area contributed by atoms with Crippen molar-refractivity contribution in [2.75, 3.05) is 6.54 Å². The molecule has 1 fully saturated rings. The van der Waals surface area contributed by atoms with Crippen LogP contribution < -0.4 is 10.6 Å². The van der Waals surface area contributed by atoms with Crippen molar-refractivity contribution in [3.63, 3.8) is 0 Å². The molecular formula is C15H30N2O. The van der Waals surface area contributed by atoms with Crippen LogP contribution in [0.3, 0.4) is 0 Å². The number of amides is 1. The van der Waals surface area contributed by atoms with Gasteiger partial charge >= 0.3 is 0 Å². The first-order valence-corrected chi connectivity index (χ1v) is 7.30. The average molecular weight is 254 g/mol. The van der Waals surface area contributed by atoms with E-state index in [1.54, 1.807) is 0 Å². The number of hydrogen-bond donors (Lipinski definition) is 2. The Bertz CT molecular complexity index is 270. The normalized spacial score (nSPS) is 26.7. The van der Waals surface area contributed by atoms with Gasteiger partial charge in [0.1, 0.15) is 0 Å². The van der Waals surface area contributed by atoms with Crippen LogP contribution in [0.4, 0.5) is 0 Å². The molecule has 3 unspecified atom stereocenters. The summed E-state index contributed by atoms with van der Waals surface area (Å²) in [6, 6.07) is 0.716. The lowest BCUT2D eigenvalue weighted by Crippen LogP contribution is -2.52. The molecule has 0 bridgehead atoms. The third kappa shape index (κ3) is 5.85. The molecule has 1 aliphatic rings. The summed E-state index contributed by atoms with van der Waals surface area (Å²) in [5.74, 6) is 0.671. The zero-order chi connectivity index (χ0) is 13.8. The lowest BCUT2D eigenvalue weighted by molar-refractivity contribution is -0.123. The molecule has 106 valence electrons. The lowest BCUT2D eigenvalue weighted by Gasteiger charge is -2.31. The van der Waals surface area contributed by atoms with E-state index in [1.807, 2.05) is 0 Å². The number of hydrogen-bond acceptors (Lipinski definition) is 2. The molecular weight excluding hydrogens is 224 g/mol. The largest absolute Gasteiger partial charge is 0.352 e. The molecule has 0 aromatic rings. The van der Waals surface area contributed by atoms with E-state index in [0.29, 0.717) is 29.8 Å². The highest BCUT2D eigenvalue weighted by atomic mass is 16.1. The summed E-state index contributed by atoms with van der Waals surface area (Å²) in [6.45, 7) is 12.1. The Morgan fingerprint density at radius 2 is 2.11 bits per heavy atom. The van der Waals surface area contributed by atoms with Crippen LogP contribution in [-0.4, -0.2) is 24.5 Å². The first kappa shape index (κ1) is 15.5. The summed E-state index contributed by atoms with van der Waals surface area (Å²) in [5.41, 5.74) is 0.305. The molecule has 1 saturated heterocycles. The Labute approximate surface area is 112 Å². The maximum atomic E-state index is 12.0. The van der Waals surface area contributed by atoms with Gasteiger partial charge < -0.3 is 10.6 Å². The first-order valence-electron chi connectivity index (χ1n) is 7.30. The van der Waals surface area contributed by atoms with Crippen LogP contribution in [0, 0.1) is 11.3 Å². The topological polar surface area (TPSA) is 41.1 Å². The summed E-state index contributed by atoms with van der Waals surface area (Å²) in [6.07, 6.45) is 4.01. The SMILES string of the molecule is CC(CC(=O)NC1CCCNC1C)CC(C)(C)C. The minimum Gasteiger partial charge on any atom is -0.352 e. The van der Waals surface area contributed by atoms with Crippen molar-refractivity contribution >= 4 is 5.91 Å². The fraction of sp³-hybridized carbons (Fsp3) is 0.933. The Kier molecular flexibility index (Phi) is 5.64. The molecule has 18 heavy (non-hydrogen) atoms. The lowest BCUT2D eigenvalue weighted by atomic mass is 9.84. The van der Waals surface area contributed by atoms with Gasteiger partial charge in [0.05, 0.1) is 0 Å². The smallest absolute Gasteiger partial charge is 0.220 e. The predicted molar refractivity (Wildman–Crippen MR) is 76.5 cm³/mol. The number of rotatable bonds is 4. The average Bonchev–Trinajstić information content (AvgIpc) is 2.18. The zero-order valence-corrected chi connectivity index (χ0v) is 12.7. The molecule has 0 aliphatic carbocycles. The van der Waals surface area contributed by atoms with E-state index >= 15 is 0 Å². The van der Waals surface area contributed by atoms with Gasteiger partial charge in [-0.25, -0.2) is 0 Å². The van der Waals surface area contributed by atoms with Crippen molar-refractivity contribution in [3.05, 3.63) is 0 Å². The van der Waals surface area contributed by atoms with Crippen LogP contribution in [0.2, 0.25) is 0 Å². The zero-order valence-electron chi connectivity index (χ0n) is 12.7. The van der Waals surface area contributed by atoms with E-state index in [9.17, 15) is 4.79 Å². The summed E-state index contributed by atoms with van der Waals surface area (Å²) < 4.78 is 0. The van der Waals surface area contributed by atoms with E-state index in [4.69, 9.17) is 0 Å². The van der Waals surface area contributed by atoms with E-state index in [0.717, 1.165) is 25.8 Å². The van der Waals surface area contributed by atoms with Crippen LogP contribution in [0.5, 0.6) is 0 Å². The summed E-state index contributed by atoms with van der Waals surface area (Å²) >= 11 is 0. The minimum absolute atomic E-state index is 0.215. The van der Waals surface area contributed by atoms with E-state index in [-0.39, 0.29) is 5.91 Å². The number of carbonyl (C=O) groups is 1. The van der Waals surface area contributed by atoms with Gasteiger partial charge in [0, 0.05) is 18.5 Å². The summed E-state index contributed by atoms with van der Waals surface area (Å²) in [5, 5.41) is 6.60. The van der Waals surface area contributed by atoms with Crippen molar-refractivity contribution in [1.29, 1.82) is 0 Å². The van der Waals surface area contributed by atoms with Crippen LogP contribution in [-0.2, 0) is 4.79 Å². The maximum Gasteiger partial charge on any atom is 0.220 e.